The van der Waals surface area contributed by atoms with Crippen molar-refractivity contribution in [2.24, 2.45) is 0 Å². The Hall–Kier alpha value is -2.13. The van der Waals surface area contributed by atoms with Crippen LogP contribution in [0.25, 0.3) is 10.8 Å². The number of hydrogen-bond acceptors (Lipinski definition) is 2. The first-order chi connectivity index (χ1) is 10.6. The standard InChI is InChI=1S/C19H22O3/c1-3-4-7-13-22-18(14(2)19(20)21)17-12-8-10-15-9-5-6-11-16(15)17/h5-6,8-12,18H,2-4,7,13H2,1H3,(H,20,21). The van der Waals surface area contributed by atoms with Gasteiger partial charge in [-0.15, -0.1) is 0 Å². The predicted octanol–water partition coefficient (Wildman–Crippen LogP) is 4.73. The highest BCUT2D eigenvalue weighted by Crippen LogP contribution is 2.31. The number of carboxylic acids is 1. The largest absolute Gasteiger partial charge is 0.478 e. The van der Waals surface area contributed by atoms with E-state index in [1.165, 1.54) is 0 Å². The van der Waals surface area contributed by atoms with Crippen LogP contribution in [0, 0.1) is 0 Å². The van der Waals surface area contributed by atoms with Gasteiger partial charge < -0.3 is 9.84 Å². The number of rotatable bonds is 8. The molecule has 3 heteroatoms. The third-order valence-electron chi connectivity index (χ3n) is 3.73. The smallest absolute Gasteiger partial charge is 0.333 e. The zero-order valence-corrected chi connectivity index (χ0v) is 12.9. The molecule has 2 aromatic carbocycles. The van der Waals surface area contributed by atoms with Gasteiger partial charge in [0.15, 0.2) is 0 Å². The summed E-state index contributed by atoms with van der Waals surface area (Å²) in [6.45, 7) is 6.37. The van der Waals surface area contributed by atoms with E-state index in [0.29, 0.717) is 6.61 Å². The molecular weight excluding hydrogens is 276 g/mol. The monoisotopic (exact) mass is 298 g/mol. The van der Waals surface area contributed by atoms with Crippen LogP contribution in [0.1, 0.15) is 37.9 Å². The molecule has 0 radical (unpaired) electrons. The molecule has 0 saturated heterocycles. The number of carbonyl (C=O) groups is 1. The lowest BCUT2D eigenvalue weighted by molar-refractivity contribution is -0.134. The Morgan fingerprint density at radius 3 is 2.64 bits per heavy atom. The Balaban J connectivity index is 2.34. The van der Waals surface area contributed by atoms with Gasteiger partial charge in [0.25, 0.3) is 0 Å². The maximum Gasteiger partial charge on any atom is 0.333 e. The van der Waals surface area contributed by atoms with E-state index in [4.69, 9.17) is 4.74 Å². The van der Waals surface area contributed by atoms with Gasteiger partial charge in [-0.05, 0) is 22.8 Å². The fraction of sp³-hybridized carbons (Fsp3) is 0.316. The second-order valence-electron chi connectivity index (χ2n) is 5.36. The Bertz CT molecular complexity index is 655. The maximum absolute atomic E-state index is 11.4. The third kappa shape index (κ3) is 3.74. The van der Waals surface area contributed by atoms with Crippen molar-refractivity contribution in [1.29, 1.82) is 0 Å². The molecule has 0 aliphatic carbocycles. The van der Waals surface area contributed by atoms with Crippen molar-refractivity contribution in [3.63, 3.8) is 0 Å². The zero-order chi connectivity index (χ0) is 15.9. The van der Waals surface area contributed by atoms with E-state index in [2.05, 4.69) is 13.5 Å². The van der Waals surface area contributed by atoms with Crippen LogP contribution < -0.4 is 0 Å². The summed E-state index contributed by atoms with van der Waals surface area (Å²) >= 11 is 0. The Labute approximate surface area is 131 Å². The highest BCUT2D eigenvalue weighted by Gasteiger charge is 2.22. The van der Waals surface area contributed by atoms with Crippen LogP contribution in [-0.2, 0) is 9.53 Å². The van der Waals surface area contributed by atoms with E-state index in [9.17, 15) is 9.90 Å². The van der Waals surface area contributed by atoms with Crippen molar-refractivity contribution >= 4 is 16.7 Å². The summed E-state index contributed by atoms with van der Waals surface area (Å²) in [6.07, 6.45) is 2.48. The minimum atomic E-state index is -1.02. The van der Waals surface area contributed by atoms with Gasteiger partial charge in [-0.1, -0.05) is 68.8 Å². The predicted molar refractivity (Wildman–Crippen MR) is 88.9 cm³/mol. The summed E-state index contributed by atoms with van der Waals surface area (Å²) in [7, 11) is 0. The van der Waals surface area contributed by atoms with Gasteiger partial charge in [0.05, 0.1) is 5.57 Å². The molecule has 0 aromatic heterocycles. The minimum Gasteiger partial charge on any atom is -0.478 e. The highest BCUT2D eigenvalue weighted by atomic mass is 16.5. The third-order valence-corrected chi connectivity index (χ3v) is 3.73. The lowest BCUT2D eigenvalue weighted by atomic mass is 9.96. The van der Waals surface area contributed by atoms with Crippen LogP contribution in [0.5, 0.6) is 0 Å². The molecule has 0 saturated carbocycles. The van der Waals surface area contributed by atoms with Gasteiger partial charge in [-0.2, -0.15) is 0 Å². The van der Waals surface area contributed by atoms with Crippen LogP contribution in [0.4, 0.5) is 0 Å². The van der Waals surface area contributed by atoms with E-state index in [0.717, 1.165) is 35.6 Å². The number of fused-ring (bicyclic) bond motifs is 1. The lowest BCUT2D eigenvalue weighted by Gasteiger charge is -2.20. The van der Waals surface area contributed by atoms with Crippen molar-refractivity contribution in [1.82, 2.24) is 0 Å². The van der Waals surface area contributed by atoms with Gasteiger partial charge in [-0.25, -0.2) is 4.79 Å². The molecule has 1 atom stereocenters. The van der Waals surface area contributed by atoms with Crippen molar-refractivity contribution < 1.29 is 14.6 Å². The summed E-state index contributed by atoms with van der Waals surface area (Å²) in [6, 6.07) is 13.8. The van der Waals surface area contributed by atoms with Gasteiger partial charge in [0, 0.05) is 6.61 Å². The van der Waals surface area contributed by atoms with E-state index in [-0.39, 0.29) is 5.57 Å². The summed E-state index contributed by atoms with van der Waals surface area (Å²) in [4.78, 5) is 11.4. The van der Waals surface area contributed by atoms with Gasteiger partial charge in [-0.3, -0.25) is 0 Å². The molecule has 0 amide bonds. The Kier molecular flexibility index (Phi) is 5.73. The van der Waals surface area contributed by atoms with Crippen LogP contribution in [0.2, 0.25) is 0 Å². The molecule has 1 unspecified atom stereocenters. The summed E-state index contributed by atoms with van der Waals surface area (Å²) < 4.78 is 5.88. The SMILES string of the molecule is C=C(C(=O)O)C(OCCCCC)c1cccc2ccccc12. The average Bonchev–Trinajstić information content (AvgIpc) is 2.54. The maximum atomic E-state index is 11.4. The summed E-state index contributed by atoms with van der Waals surface area (Å²) in [5.74, 6) is -1.02. The average molecular weight is 298 g/mol. The Morgan fingerprint density at radius 1 is 1.18 bits per heavy atom. The number of aliphatic carboxylic acids is 1. The fourth-order valence-corrected chi connectivity index (χ4v) is 2.52. The number of hydrogen-bond donors (Lipinski definition) is 1. The van der Waals surface area contributed by atoms with Crippen LogP contribution in [0.15, 0.2) is 54.6 Å². The molecule has 3 nitrogen and oxygen atoms in total. The van der Waals surface area contributed by atoms with Crippen molar-refractivity contribution in [2.75, 3.05) is 6.61 Å². The van der Waals surface area contributed by atoms with E-state index in [1.54, 1.807) is 0 Å². The van der Waals surface area contributed by atoms with Crippen LogP contribution >= 0.6 is 0 Å². The lowest BCUT2D eigenvalue weighted by Crippen LogP contribution is -2.14. The first-order valence-electron chi connectivity index (χ1n) is 7.66. The molecule has 0 bridgehead atoms. The first kappa shape index (κ1) is 16.2. The quantitative estimate of drug-likeness (QED) is 0.566. The second-order valence-corrected chi connectivity index (χ2v) is 5.36. The van der Waals surface area contributed by atoms with E-state index >= 15 is 0 Å². The van der Waals surface area contributed by atoms with E-state index < -0.39 is 12.1 Å². The summed E-state index contributed by atoms with van der Waals surface area (Å²) in [5, 5.41) is 11.4. The molecule has 116 valence electrons. The molecule has 1 N–H and O–H groups in total. The van der Waals surface area contributed by atoms with Crippen molar-refractivity contribution in [3.8, 4) is 0 Å². The van der Waals surface area contributed by atoms with Gasteiger partial charge in [0.2, 0.25) is 0 Å². The number of unbranched alkanes of at least 4 members (excludes halogenated alkanes) is 2. The summed E-state index contributed by atoms with van der Waals surface area (Å²) in [5.41, 5.74) is 0.940. The van der Waals surface area contributed by atoms with Crippen molar-refractivity contribution in [3.05, 3.63) is 60.2 Å². The van der Waals surface area contributed by atoms with Gasteiger partial charge >= 0.3 is 5.97 Å². The molecule has 0 aliphatic heterocycles. The molecule has 0 heterocycles. The number of ether oxygens (including phenoxy) is 1. The second kappa shape index (κ2) is 7.76. The number of benzene rings is 2. The highest BCUT2D eigenvalue weighted by molar-refractivity contribution is 5.91. The molecule has 0 spiro atoms. The molecule has 0 fully saturated rings. The molecule has 2 rings (SSSR count). The van der Waals surface area contributed by atoms with Gasteiger partial charge in [0.1, 0.15) is 6.10 Å². The normalized spacial score (nSPS) is 12.2. The fourth-order valence-electron chi connectivity index (χ4n) is 2.52. The molecule has 2 aromatic rings. The zero-order valence-electron chi connectivity index (χ0n) is 12.9. The first-order valence-corrected chi connectivity index (χ1v) is 7.66. The van der Waals surface area contributed by atoms with E-state index in [1.807, 2.05) is 42.5 Å². The minimum absolute atomic E-state index is 0.0767. The van der Waals surface area contributed by atoms with Crippen LogP contribution in [-0.4, -0.2) is 17.7 Å². The van der Waals surface area contributed by atoms with Crippen LogP contribution in [0.3, 0.4) is 0 Å². The Morgan fingerprint density at radius 2 is 1.91 bits per heavy atom. The number of carboxylic acid groups (broad SMARTS) is 1. The molecular formula is C19H22O3. The topological polar surface area (TPSA) is 46.5 Å². The van der Waals surface area contributed by atoms with Crippen molar-refractivity contribution in [2.45, 2.75) is 32.3 Å². The molecule has 22 heavy (non-hydrogen) atoms. The molecule has 0 aliphatic rings.